The van der Waals surface area contributed by atoms with Gasteiger partial charge in [0.1, 0.15) is 16.7 Å². The second-order valence-electron chi connectivity index (χ2n) is 7.00. The largest absolute Gasteiger partial charge is 0.493 e. The van der Waals surface area contributed by atoms with Crippen molar-refractivity contribution in [2.45, 2.75) is 13.8 Å². The first-order chi connectivity index (χ1) is 16.7. The molecule has 0 aliphatic carbocycles. The fourth-order valence-electron chi connectivity index (χ4n) is 3.52. The number of carbonyl (C=O) groups excluding carboxylic acids is 2. The first-order valence-electron chi connectivity index (χ1n) is 10.1. The maximum absolute atomic E-state index is 13.5. The van der Waals surface area contributed by atoms with Gasteiger partial charge in [-0.05, 0) is 6.07 Å². The Hall–Kier alpha value is -4.41. The highest BCUT2D eigenvalue weighted by Crippen LogP contribution is 2.47. The number of esters is 2. The average molecular weight is 488 g/mol. The van der Waals surface area contributed by atoms with Crippen molar-refractivity contribution in [3.8, 4) is 51.6 Å². The Morgan fingerprint density at radius 3 is 1.74 bits per heavy atom. The lowest BCUT2D eigenvalue weighted by Crippen LogP contribution is -2.11. The number of fused-ring (bicyclic) bond motifs is 1. The van der Waals surface area contributed by atoms with Gasteiger partial charge in [-0.15, -0.1) is 0 Å². The molecule has 0 N–H and O–H groups in total. The highest BCUT2D eigenvalue weighted by Gasteiger charge is 2.28. The van der Waals surface area contributed by atoms with E-state index in [0.29, 0.717) is 0 Å². The Labute approximate surface area is 200 Å². The fourth-order valence-corrected chi connectivity index (χ4v) is 3.52. The van der Waals surface area contributed by atoms with Gasteiger partial charge in [-0.25, -0.2) is 0 Å². The van der Waals surface area contributed by atoms with Crippen LogP contribution in [0.3, 0.4) is 0 Å². The summed E-state index contributed by atoms with van der Waals surface area (Å²) in [6.45, 7) is 2.41. The van der Waals surface area contributed by atoms with Crippen molar-refractivity contribution in [1.82, 2.24) is 0 Å². The van der Waals surface area contributed by atoms with E-state index in [1.807, 2.05) is 0 Å². The van der Waals surface area contributed by atoms with Crippen LogP contribution in [0.25, 0.3) is 22.3 Å². The summed E-state index contributed by atoms with van der Waals surface area (Å²) in [5.74, 6) is -1.02. The van der Waals surface area contributed by atoms with Crippen LogP contribution >= 0.6 is 0 Å². The lowest BCUT2D eigenvalue weighted by molar-refractivity contribution is -0.133. The number of benzene rings is 2. The van der Waals surface area contributed by atoms with Gasteiger partial charge in [0.05, 0.1) is 41.1 Å². The van der Waals surface area contributed by atoms with E-state index in [4.69, 9.17) is 37.6 Å². The van der Waals surface area contributed by atoms with Gasteiger partial charge in [0.25, 0.3) is 0 Å². The zero-order valence-corrected chi connectivity index (χ0v) is 20.2. The van der Waals surface area contributed by atoms with Gasteiger partial charge in [0.2, 0.25) is 16.9 Å². The zero-order chi connectivity index (χ0) is 25.9. The maximum atomic E-state index is 13.5. The van der Waals surface area contributed by atoms with E-state index < -0.39 is 17.4 Å². The minimum atomic E-state index is -0.649. The molecule has 3 aromatic rings. The van der Waals surface area contributed by atoms with Gasteiger partial charge in [-0.3, -0.25) is 14.4 Å². The smallest absolute Gasteiger partial charge is 0.308 e. The standard InChI is InChI=1S/C24H24O11/c1-11(25)33-14-9-15(28-3)16(34-12(2)26)8-13(14)21-24(32-7)20(27)19-17(35-21)10-18(29-4)22(30-5)23(19)31-6/h8-10H,1-7H3. The predicted octanol–water partition coefficient (Wildman–Crippen LogP) is 3.35. The molecule has 0 amide bonds. The molecule has 0 aliphatic rings. The van der Waals surface area contributed by atoms with Crippen LogP contribution in [0.5, 0.6) is 40.2 Å². The highest BCUT2D eigenvalue weighted by atomic mass is 16.6. The van der Waals surface area contributed by atoms with Gasteiger partial charge in [-0.1, -0.05) is 0 Å². The molecular weight excluding hydrogens is 464 g/mol. The number of hydrogen-bond acceptors (Lipinski definition) is 11. The summed E-state index contributed by atoms with van der Waals surface area (Å²) in [6.07, 6.45) is 0. The summed E-state index contributed by atoms with van der Waals surface area (Å²) in [5.41, 5.74) is -0.444. The van der Waals surface area contributed by atoms with Crippen molar-refractivity contribution >= 4 is 22.9 Å². The Bertz CT molecular complexity index is 1350. The summed E-state index contributed by atoms with van der Waals surface area (Å²) >= 11 is 0. The van der Waals surface area contributed by atoms with Gasteiger partial charge in [-0.2, -0.15) is 0 Å². The average Bonchev–Trinajstić information content (AvgIpc) is 2.82. The van der Waals surface area contributed by atoms with E-state index in [1.165, 1.54) is 67.6 Å². The Morgan fingerprint density at radius 2 is 1.23 bits per heavy atom. The predicted molar refractivity (Wildman–Crippen MR) is 123 cm³/mol. The molecule has 3 rings (SSSR count). The molecular formula is C24H24O11. The molecule has 1 aromatic heterocycles. The third kappa shape index (κ3) is 4.65. The topological polar surface area (TPSA) is 129 Å². The fraction of sp³-hybridized carbons (Fsp3) is 0.292. The van der Waals surface area contributed by atoms with Crippen LogP contribution in [0.4, 0.5) is 0 Å². The molecule has 1 heterocycles. The van der Waals surface area contributed by atoms with E-state index in [-0.39, 0.29) is 62.5 Å². The Morgan fingerprint density at radius 1 is 0.657 bits per heavy atom. The summed E-state index contributed by atoms with van der Waals surface area (Å²) in [6, 6.07) is 4.11. The quantitative estimate of drug-likeness (QED) is 0.342. The van der Waals surface area contributed by atoms with Crippen molar-refractivity contribution in [2.75, 3.05) is 35.5 Å². The number of methoxy groups -OCH3 is 5. The monoisotopic (exact) mass is 488 g/mol. The highest BCUT2D eigenvalue weighted by molar-refractivity contribution is 5.92. The minimum Gasteiger partial charge on any atom is -0.493 e. The molecule has 0 atom stereocenters. The maximum Gasteiger partial charge on any atom is 0.308 e. The molecule has 0 fully saturated rings. The second-order valence-corrected chi connectivity index (χ2v) is 7.00. The van der Waals surface area contributed by atoms with Crippen molar-refractivity contribution in [2.24, 2.45) is 0 Å². The number of rotatable bonds is 8. The van der Waals surface area contributed by atoms with Gasteiger partial charge in [0.15, 0.2) is 28.8 Å². The molecule has 0 bridgehead atoms. The molecule has 0 radical (unpaired) electrons. The van der Waals surface area contributed by atoms with Crippen LogP contribution in [0.1, 0.15) is 13.8 Å². The van der Waals surface area contributed by atoms with Crippen molar-refractivity contribution in [1.29, 1.82) is 0 Å². The first-order valence-corrected chi connectivity index (χ1v) is 10.1. The molecule has 11 heteroatoms. The lowest BCUT2D eigenvalue weighted by Gasteiger charge is -2.18. The number of ether oxygens (including phenoxy) is 7. The lowest BCUT2D eigenvalue weighted by atomic mass is 10.1. The molecule has 11 nitrogen and oxygen atoms in total. The number of hydrogen-bond donors (Lipinski definition) is 0. The third-order valence-corrected chi connectivity index (χ3v) is 4.87. The van der Waals surface area contributed by atoms with Crippen LogP contribution in [-0.2, 0) is 9.59 Å². The van der Waals surface area contributed by atoms with Crippen LogP contribution in [-0.4, -0.2) is 47.5 Å². The summed E-state index contributed by atoms with van der Waals surface area (Å²) < 4.78 is 43.4. The van der Waals surface area contributed by atoms with E-state index in [2.05, 4.69) is 0 Å². The summed E-state index contributed by atoms with van der Waals surface area (Å²) in [4.78, 5) is 37.0. The van der Waals surface area contributed by atoms with Crippen molar-refractivity contribution < 1.29 is 47.2 Å². The van der Waals surface area contributed by atoms with Gasteiger partial charge < -0.3 is 37.6 Å². The van der Waals surface area contributed by atoms with Crippen LogP contribution in [0, 0.1) is 0 Å². The Kier molecular flexibility index (Phi) is 7.38. The van der Waals surface area contributed by atoms with Crippen LogP contribution in [0.15, 0.2) is 27.4 Å². The van der Waals surface area contributed by atoms with Crippen molar-refractivity contribution in [3.63, 3.8) is 0 Å². The molecule has 0 saturated heterocycles. The molecule has 0 unspecified atom stereocenters. The second kappa shape index (κ2) is 10.2. The van der Waals surface area contributed by atoms with Gasteiger partial charge >= 0.3 is 11.9 Å². The normalized spacial score (nSPS) is 10.5. The van der Waals surface area contributed by atoms with E-state index >= 15 is 0 Å². The molecule has 186 valence electrons. The SMILES string of the molecule is COc1cc(OC(C)=O)c(-c2oc3cc(OC)c(OC)c(OC)c3c(=O)c2OC)cc1OC(C)=O. The van der Waals surface area contributed by atoms with Crippen LogP contribution < -0.4 is 38.6 Å². The molecule has 0 aliphatic heterocycles. The summed E-state index contributed by atoms with van der Waals surface area (Å²) in [5, 5.41) is 0.0357. The number of carbonyl (C=O) groups is 2. The molecule has 2 aromatic carbocycles. The molecule has 0 saturated carbocycles. The Balaban J connectivity index is 2.48. The minimum absolute atomic E-state index is 0.000549. The van der Waals surface area contributed by atoms with E-state index in [9.17, 15) is 14.4 Å². The third-order valence-electron chi connectivity index (χ3n) is 4.87. The summed E-state index contributed by atoms with van der Waals surface area (Å²) in [7, 11) is 6.81. The van der Waals surface area contributed by atoms with Crippen molar-refractivity contribution in [3.05, 3.63) is 28.4 Å². The first kappa shape index (κ1) is 25.2. The van der Waals surface area contributed by atoms with E-state index in [1.54, 1.807) is 0 Å². The molecule has 35 heavy (non-hydrogen) atoms. The van der Waals surface area contributed by atoms with E-state index in [0.717, 1.165) is 0 Å². The van der Waals surface area contributed by atoms with Gasteiger partial charge in [0, 0.05) is 26.0 Å². The zero-order valence-electron chi connectivity index (χ0n) is 20.2. The molecule has 0 spiro atoms. The van der Waals surface area contributed by atoms with Crippen LogP contribution in [0.2, 0.25) is 0 Å².